The van der Waals surface area contributed by atoms with E-state index in [4.69, 9.17) is 4.42 Å². The average Bonchev–Trinajstić information content (AvgIpc) is 2.74. The number of benzene rings is 1. The first kappa shape index (κ1) is 11.2. The van der Waals surface area contributed by atoms with E-state index in [-0.39, 0.29) is 6.03 Å². The van der Waals surface area contributed by atoms with Crippen molar-refractivity contribution in [2.24, 2.45) is 0 Å². The Kier molecular flexibility index (Phi) is 3.40. The number of aryl methyl sites for hydroxylation is 1. The van der Waals surface area contributed by atoms with Gasteiger partial charge in [0, 0.05) is 12.6 Å². The molecule has 0 bridgehead atoms. The van der Waals surface area contributed by atoms with E-state index in [1.165, 1.54) is 6.26 Å². The molecule has 0 fully saturated rings. The molecule has 0 unspecified atom stereocenters. The van der Waals surface area contributed by atoms with Crippen molar-refractivity contribution in [1.29, 1.82) is 0 Å². The number of carbonyl (C=O) groups is 1. The normalized spacial score (nSPS) is 9.94. The number of urea groups is 1. The number of aromatic nitrogens is 1. The van der Waals surface area contributed by atoms with Gasteiger partial charge in [0.25, 0.3) is 0 Å². The van der Waals surface area contributed by atoms with E-state index < -0.39 is 0 Å². The minimum Gasteiger partial charge on any atom is -0.449 e. The van der Waals surface area contributed by atoms with Crippen LogP contribution in [0.5, 0.6) is 0 Å². The van der Waals surface area contributed by atoms with Gasteiger partial charge in [-0.3, -0.25) is 0 Å². The van der Waals surface area contributed by atoms with Crippen LogP contribution in [0.25, 0.3) is 0 Å². The molecule has 1 aromatic carbocycles. The highest BCUT2D eigenvalue weighted by atomic mass is 16.3. The molecule has 1 heterocycles. The van der Waals surface area contributed by atoms with Crippen LogP contribution >= 0.6 is 0 Å². The van der Waals surface area contributed by atoms with Crippen molar-refractivity contribution in [3.63, 3.8) is 0 Å². The third-order valence-electron chi connectivity index (χ3n) is 2.13. The van der Waals surface area contributed by atoms with Crippen molar-refractivity contribution in [3.05, 3.63) is 48.2 Å². The highest BCUT2D eigenvalue weighted by Crippen LogP contribution is 2.04. The van der Waals surface area contributed by atoms with Crippen molar-refractivity contribution in [2.45, 2.75) is 13.5 Å². The zero-order valence-corrected chi connectivity index (χ0v) is 9.43. The van der Waals surface area contributed by atoms with E-state index in [9.17, 15) is 4.79 Å². The van der Waals surface area contributed by atoms with Gasteiger partial charge in [-0.05, 0) is 12.1 Å². The van der Waals surface area contributed by atoms with E-state index in [1.54, 1.807) is 6.92 Å². The topological polar surface area (TPSA) is 67.2 Å². The zero-order chi connectivity index (χ0) is 12.1. The molecule has 2 aromatic rings. The largest absolute Gasteiger partial charge is 0.449 e. The average molecular weight is 231 g/mol. The molecule has 5 heteroatoms. The zero-order valence-electron chi connectivity index (χ0n) is 9.43. The molecule has 5 nitrogen and oxygen atoms in total. The maximum Gasteiger partial charge on any atom is 0.319 e. The minimum absolute atomic E-state index is 0.267. The predicted octanol–water partition coefficient (Wildman–Crippen LogP) is 2.30. The van der Waals surface area contributed by atoms with Crippen molar-refractivity contribution < 1.29 is 9.21 Å². The Morgan fingerprint density at radius 3 is 2.76 bits per heavy atom. The lowest BCUT2D eigenvalue weighted by molar-refractivity contribution is 0.251. The van der Waals surface area contributed by atoms with Gasteiger partial charge < -0.3 is 15.1 Å². The van der Waals surface area contributed by atoms with Crippen LogP contribution in [0.2, 0.25) is 0 Å². The van der Waals surface area contributed by atoms with Crippen LogP contribution in [0.4, 0.5) is 10.5 Å². The van der Waals surface area contributed by atoms with E-state index in [2.05, 4.69) is 15.6 Å². The molecule has 0 spiro atoms. The molecule has 0 saturated heterocycles. The second-order valence-electron chi connectivity index (χ2n) is 3.53. The summed E-state index contributed by atoms with van der Waals surface area (Å²) >= 11 is 0. The lowest BCUT2D eigenvalue weighted by Gasteiger charge is -2.05. The molecule has 88 valence electrons. The molecule has 0 saturated carbocycles. The maximum atomic E-state index is 11.5. The SMILES string of the molecule is Cc1nc(CNC(=O)Nc2ccccc2)co1. The predicted molar refractivity (Wildman–Crippen MR) is 63.5 cm³/mol. The van der Waals surface area contributed by atoms with Gasteiger partial charge in [-0.25, -0.2) is 9.78 Å². The van der Waals surface area contributed by atoms with Crippen molar-refractivity contribution >= 4 is 11.7 Å². The minimum atomic E-state index is -0.267. The molecular weight excluding hydrogens is 218 g/mol. The fourth-order valence-electron chi connectivity index (χ4n) is 1.36. The van der Waals surface area contributed by atoms with Crippen molar-refractivity contribution in [3.8, 4) is 0 Å². The number of rotatable bonds is 3. The highest BCUT2D eigenvalue weighted by Gasteiger charge is 2.03. The van der Waals surface area contributed by atoms with E-state index in [0.29, 0.717) is 18.1 Å². The van der Waals surface area contributed by atoms with Crippen molar-refractivity contribution in [1.82, 2.24) is 10.3 Å². The number of carbonyl (C=O) groups excluding carboxylic acids is 1. The first-order chi connectivity index (χ1) is 8.24. The summed E-state index contributed by atoms with van der Waals surface area (Å²) in [7, 11) is 0. The molecule has 0 aliphatic heterocycles. The van der Waals surface area contributed by atoms with Crippen LogP contribution in [0.3, 0.4) is 0 Å². The Bertz CT molecular complexity index is 493. The molecule has 0 atom stereocenters. The molecule has 2 amide bonds. The van der Waals surface area contributed by atoms with Crippen LogP contribution in [0, 0.1) is 6.92 Å². The summed E-state index contributed by atoms with van der Waals surface area (Å²) in [5.74, 6) is 0.588. The Morgan fingerprint density at radius 2 is 2.12 bits per heavy atom. The summed E-state index contributed by atoms with van der Waals surface area (Å²) in [4.78, 5) is 15.6. The molecule has 2 rings (SSSR count). The highest BCUT2D eigenvalue weighted by molar-refractivity contribution is 5.89. The number of hydrogen-bond acceptors (Lipinski definition) is 3. The number of nitrogens with zero attached hydrogens (tertiary/aromatic N) is 1. The van der Waals surface area contributed by atoms with Gasteiger partial charge in [0.2, 0.25) is 0 Å². The molecule has 0 aliphatic carbocycles. The first-order valence-corrected chi connectivity index (χ1v) is 5.25. The molecule has 0 aliphatic rings. The van der Waals surface area contributed by atoms with E-state index in [0.717, 1.165) is 5.69 Å². The van der Waals surface area contributed by atoms with Gasteiger partial charge in [-0.1, -0.05) is 18.2 Å². The molecule has 2 N–H and O–H groups in total. The molecular formula is C12H13N3O2. The number of anilines is 1. The van der Waals surface area contributed by atoms with E-state index >= 15 is 0 Å². The van der Waals surface area contributed by atoms with Gasteiger partial charge in [-0.15, -0.1) is 0 Å². The maximum absolute atomic E-state index is 11.5. The van der Waals surface area contributed by atoms with Crippen LogP contribution in [-0.4, -0.2) is 11.0 Å². The Labute approximate surface area is 98.9 Å². The Balaban J connectivity index is 1.82. The quantitative estimate of drug-likeness (QED) is 0.851. The molecule has 0 radical (unpaired) electrons. The second kappa shape index (κ2) is 5.16. The van der Waals surface area contributed by atoms with Gasteiger partial charge in [0.1, 0.15) is 6.26 Å². The van der Waals surface area contributed by atoms with Gasteiger partial charge >= 0.3 is 6.03 Å². The van der Waals surface area contributed by atoms with Gasteiger partial charge in [-0.2, -0.15) is 0 Å². The number of oxazole rings is 1. The fraction of sp³-hybridized carbons (Fsp3) is 0.167. The van der Waals surface area contributed by atoms with Crippen LogP contribution in [0.15, 0.2) is 41.0 Å². The lowest BCUT2D eigenvalue weighted by atomic mass is 10.3. The lowest BCUT2D eigenvalue weighted by Crippen LogP contribution is -2.28. The summed E-state index contributed by atoms with van der Waals surface area (Å²) < 4.78 is 5.03. The van der Waals surface area contributed by atoms with Crippen LogP contribution in [0.1, 0.15) is 11.6 Å². The number of nitrogens with one attached hydrogen (secondary N) is 2. The van der Waals surface area contributed by atoms with Crippen LogP contribution in [-0.2, 0) is 6.54 Å². The number of hydrogen-bond donors (Lipinski definition) is 2. The number of para-hydroxylation sites is 1. The number of amides is 2. The van der Waals surface area contributed by atoms with Gasteiger partial charge in [0.15, 0.2) is 5.89 Å². The summed E-state index contributed by atoms with van der Waals surface area (Å²) in [5, 5.41) is 5.40. The second-order valence-corrected chi connectivity index (χ2v) is 3.53. The fourth-order valence-corrected chi connectivity index (χ4v) is 1.36. The third-order valence-corrected chi connectivity index (χ3v) is 2.13. The third kappa shape index (κ3) is 3.34. The summed E-state index contributed by atoms with van der Waals surface area (Å²) in [5.41, 5.74) is 1.45. The Morgan fingerprint density at radius 1 is 1.35 bits per heavy atom. The first-order valence-electron chi connectivity index (χ1n) is 5.25. The smallest absolute Gasteiger partial charge is 0.319 e. The summed E-state index contributed by atoms with van der Waals surface area (Å²) in [6.45, 7) is 2.10. The summed E-state index contributed by atoms with van der Waals surface area (Å²) in [6, 6.07) is 8.98. The standard InChI is InChI=1S/C12H13N3O2/c1-9-14-11(8-17-9)7-13-12(16)15-10-5-3-2-4-6-10/h2-6,8H,7H2,1H3,(H2,13,15,16). The van der Waals surface area contributed by atoms with E-state index in [1.807, 2.05) is 30.3 Å². The van der Waals surface area contributed by atoms with Gasteiger partial charge in [0.05, 0.1) is 12.2 Å². The monoisotopic (exact) mass is 231 g/mol. The summed E-state index contributed by atoms with van der Waals surface area (Å²) in [6.07, 6.45) is 1.53. The van der Waals surface area contributed by atoms with Crippen LogP contribution < -0.4 is 10.6 Å². The van der Waals surface area contributed by atoms with Crippen molar-refractivity contribution in [2.75, 3.05) is 5.32 Å². The Hall–Kier alpha value is -2.30. The molecule has 1 aromatic heterocycles. The molecule has 17 heavy (non-hydrogen) atoms.